The van der Waals surface area contributed by atoms with Crippen molar-refractivity contribution in [3.05, 3.63) is 56.8 Å². The number of ketones is 1. The van der Waals surface area contributed by atoms with Crippen molar-refractivity contribution >= 4 is 29.0 Å². The van der Waals surface area contributed by atoms with Crippen LogP contribution in [0.1, 0.15) is 49.9 Å². The van der Waals surface area contributed by atoms with E-state index in [0.717, 1.165) is 16.0 Å². The lowest BCUT2D eigenvalue weighted by Crippen LogP contribution is -2.24. The number of aryl methyl sites for hydroxylation is 2. The molecule has 0 bridgehead atoms. The highest BCUT2D eigenvalue weighted by molar-refractivity contribution is 7.14. The number of thiophene rings is 1. The Morgan fingerprint density at radius 2 is 1.88 bits per heavy atom. The van der Waals surface area contributed by atoms with Gasteiger partial charge in [0.15, 0.2) is 6.10 Å². The number of esters is 1. The summed E-state index contributed by atoms with van der Waals surface area (Å²) in [6, 6.07) is 8.92. The maximum absolute atomic E-state index is 12.4. The second-order valence-corrected chi connectivity index (χ2v) is 7.07. The van der Waals surface area contributed by atoms with Gasteiger partial charge >= 0.3 is 5.97 Å². The molecule has 0 aliphatic rings. The molecule has 25 heavy (non-hydrogen) atoms. The summed E-state index contributed by atoms with van der Waals surface area (Å²) in [6.45, 7) is 7.17. The molecule has 5 nitrogen and oxygen atoms in total. The van der Waals surface area contributed by atoms with E-state index >= 15 is 0 Å². The number of amides is 1. The van der Waals surface area contributed by atoms with Crippen LogP contribution in [-0.4, -0.2) is 23.8 Å². The summed E-state index contributed by atoms with van der Waals surface area (Å²) in [5.41, 5.74) is 2.34. The molecule has 132 valence electrons. The summed E-state index contributed by atoms with van der Waals surface area (Å²) in [6.07, 6.45) is -0.875. The second-order valence-electron chi connectivity index (χ2n) is 5.91. The highest BCUT2D eigenvalue weighted by Crippen LogP contribution is 2.20. The van der Waals surface area contributed by atoms with Gasteiger partial charge in [0.2, 0.25) is 11.7 Å². The molecule has 1 heterocycles. The maximum atomic E-state index is 12.4. The number of Topliss-reactive ketones (excluding diaryl/α,β-unsaturated/α-hetero) is 1. The number of hydrogen-bond donors (Lipinski definition) is 1. The van der Waals surface area contributed by atoms with Gasteiger partial charge in [-0.2, -0.15) is 0 Å². The number of ether oxygens (including phenoxy) is 1. The van der Waals surface area contributed by atoms with Gasteiger partial charge in [-0.25, -0.2) is 4.79 Å². The third kappa shape index (κ3) is 5.00. The third-order valence-corrected chi connectivity index (χ3v) is 4.77. The molecule has 0 aliphatic heterocycles. The zero-order valence-corrected chi connectivity index (χ0v) is 15.5. The third-order valence-electron chi connectivity index (χ3n) is 3.67. The Bertz CT molecular complexity index is 810. The van der Waals surface area contributed by atoms with E-state index in [0.29, 0.717) is 17.0 Å². The maximum Gasteiger partial charge on any atom is 0.339 e. The van der Waals surface area contributed by atoms with Crippen molar-refractivity contribution in [2.75, 3.05) is 0 Å². The van der Waals surface area contributed by atoms with Crippen molar-refractivity contribution in [2.24, 2.45) is 0 Å². The fourth-order valence-electron chi connectivity index (χ4n) is 2.34. The molecule has 2 aromatic rings. The van der Waals surface area contributed by atoms with E-state index in [1.54, 1.807) is 25.1 Å². The summed E-state index contributed by atoms with van der Waals surface area (Å²) in [4.78, 5) is 37.0. The van der Waals surface area contributed by atoms with Crippen LogP contribution in [0.15, 0.2) is 30.3 Å². The summed E-state index contributed by atoms with van der Waals surface area (Å²) in [5.74, 6) is -0.886. The first kappa shape index (κ1) is 18.9. The van der Waals surface area contributed by atoms with Crippen LogP contribution in [0.4, 0.5) is 0 Å². The van der Waals surface area contributed by atoms with E-state index in [1.807, 2.05) is 26.0 Å². The fourth-order valence-corrected chi connectivity index (χ4v) is 3.30. The smallest absolute Gasteiger partial charge is 0.339 e. The highest BCUT2D eigenvalue weighted by atomic mass is 32.1. The lowest BCUT2D eigenvalue weighted by atomic mass is 10.1. The molecule has 0 saturated heterocycles. The standard InChI is InChI=1S/C19H21NO4S/c1-11-5-7-16(12(2)9-11)19(23)24-13(3)18(22)17-8-6-15(25-17)10-20-14(4)21/h5-9,13H,10H2,1-4H3,(H,20,21). The van der Waals surface area contributed by atoms with Gasteiger partial charge < -0.3 is 10.1 Å². The zero-order chi connectivity index (χ0) is 18.6. The Morgan fingerprint density at radius 3 is 2.52 bits per heavy atom. The van der Waals surface area contributed by atoms with E-state index in [4.69, 9.17) is 4.74 Å². The highest BCUT2D eigenvalue weighted by Gasteiger charge is 2.22. The number of nitrogens with one attached hydrogen (secondary N) is 1. The SMILES string of the molecule is CC(=O)NCc1ccc(C(=O)C(C)OC(=O)c2ccc(C)cc2C)s1. The van der Waals surface area contributed by atoms with E-state index in [9.17, 15) is 14.4 Å². The monoisotopic (exact) mass is 359 g/mol. The van der Waals surface area contributed by atoms with E-state index < -0.39 is 12.1 Å². The quantitative estimate of drug-likeness (QED) is 0.633. The van der Waals surface area contributed by atoms with Crippen LogP contribution < -0.4 is 5.32 Å². The van der Waals surface area contributed by atoms with E-state index in [1.165, 1.54) is 18.3 Å². The molecular weight excluding hydrogens is 338 g/mol. The van der Waals surface area contributed by atoms with Crippen LogP contribution in [0.25, 0.3) is 0 Å². The van der Waals surface area contributed by atoms with Crippen LogP contribution in [0.3, 0.4) is 0 Å². The molecule has 6 heteroatoms. The minimum atomic E-state index is -0.875. The van der Waals surface area contributed by atoms with Crippen molar-refractivity contribution < 1.29 is 19.1 Å². The van der Waals surface area contributed by atoms with Gasteiger partial charge in [0, 0.05) is 11.8 Å². The summed E-state index contributed by atoms with van der Waals surface area (Å²) >= 11 is 1.28. The molecule has 1 aromatic carbocycles. The van der Waals surface area contributed by atoms with Crippen molar-refractivity contribution in [2.45, 2.75) is 40.3 Å². The van der Waals surface area contributed by atoms with Crippen LogP contribution in [-0.2, 0) is 16.1 Å². The molecule has 0 saturated carbocycles. The van der Waals surface area contributed by atoms with Crippen molar-refractivity contribution in [3.8, 4) is 0 Å². The topological polar surface area (TPSA) is 72.5 Å². The van der Waals surface area contributed by atoms with Gasteiger partial charge in [-0.05, 0) is 44.5 Å². The van der Waals surface area contributed by atoms with Crippen molar-refractivity contribution in [1.82, 2.24) is 5.32 Å². The summed E-state index contributed by atoms with van der Waals surface area (Å²) < 4.78 is 5.33. The molecule has 0 aliphatic carbocycles. The Hall–Kier alpha value is -2.47. The van der Waals surface area contributed by atoms with Gasteiger partial charge in [-0.1, -0.05) is 17.7 Å². The lowest BCUT2D eigenvalue weighted by molar-refractivity contribution is -0.119. The number of carbonyl (C=O) groups is 3. The van der Waals surface area contributed by atoms with Crippen molar-refractivity contribution in [3.63, 3.8) is 0 Å². The molecular formula is C19H21NO4S. The van der Waals surface area contributed by atoms with Gasteiger partial charge in [-0.3, -0.25) is 9.59 Å². The van der Waals surface area contributed by atoms with Crippen molar-refractivity contribution in [1.29, 1.82) is 0 Å². The van der Waals surface area contributed by atoms with Crippen LogP contribution >= 0.6 is 11.3 Å². The van der Waals surface area contributed by atoms with E-state index in [-0.39, 0.29) is 11.7 Å². The molecule has 0 radical (unpaired) electrons. The first-order valence-electron chi connectivity index (χ1n) is 7.93. The average molecular weight is 359 g/mol. The Kier molecular flexibility index (Phi) is 6.09. The predicted molar refractivity (Wildman–Crippen MR) is 97.0 cm³/mol. The van der Waals surface area contributed by atoms with Gasteiger partial charge in [0.1, 0.15) is 0 Å². The number of hydrogen-bond acceptors (Lipinski definition) is 5. The van der Waals surface area contributed by atoms with Crippen LogP contribution in [0.5, 0.6) is 0 Å². The number of carbonyl (C=O) groups excluding carboxylic acids is 3. The summed E-state index contributed by atoms with van der Waals surface area (Å²) in [7, 11) is 0. The fraction of sp³-hybridized carbons (Fsp3) is 0.316. The van der Waals surface area contributed by atoms with E-state index in [2.05, 4.69) is 5.32 Å². The molecule has 0 spiro atoms. The Morgan fingerprint density at radius 1 is 1.16 bits per heavy atom. The molecule has 0 fully saturated rings. The van der Waals surface area contributed by atoms with Gasteiger partial charge in [0.25, 0.3) is 0 Å². The van der Waals surface area contributed by atoms with Gasteiger partial charge in [0.05, 0.1) is 17.0 Å². The molecule has 1 atom stereocenters. The largest absolute Gasteiger partial charge is 0.451 e. The lowest BCUT2D eigenvalue weighted by Gasteiger charge is -2.13. The predicted octanol–water partition coefficient (Wildman–Crippen LogP) is 3.43. The first-order valence-corrected chi connectivity index (χ1v) is 8.75. The molecule has 1 aromatic heterocycles. The van der Waals surface area contributed by atoms with Crippen LogP contribution in [0.2, 0.25) is 0 Å². The Labute approximate surface area is 151 Å². The molecule has 1 amide bonds. The van der Waals surface area contributed by atoms with Gasteiger partial charge in [-0.15, -0.1) is 11.3 Å². The summed E-state index contributed by atoms with van der Waals surface area (Å²) in [5, 5.41) is 2.68. The van der Waals surface area contributed by atoms with Crippen LogP contribution in [0, 0.1) is 13.8 Å². The molecule has 1 N–H and O–H groups in total. The second kappa shape index (κ2) is 8.07. The number of rotatable bonds is 6. The molecule has 1 unspecified atom stereocenters. The number of benzene rings is 1. The average Bonchev–Trinajstić information content (AvgIpc) is 3.00. The minimum Gasteiger partial charge on any atom is -0.451 e. The first-order chi connectivity index (χ1) is 11.8. The Balaban J connectivity index is 2.02. The zero-order valence-electron chi connectivity index (χ0n) is 14.7. The minimum absolute atomic E-state index is 0.128. The normalized spacial score (nSPS) is 11.7. The molecule has 2 rings (SSSR count).